The first-order valence-electron chi connectivity index (χ1n) is 4.65. The smallest absolute Gasteiger partial charge is 0.167 e. The molecule has 2 fully saturated rings. The highest BCUT2D eigenvalue weighted by atomic mass is 16.8. The Kier molecular flexibility index (Phi) is 2.15. The van der Waals surface area contributed by atoms with Gasteiger partial charge in [0.15, 0.2) is 11.6 Å². The normalized spacial score (nSPS) is 46.4. The molecule has 2 rings (SSSR count). The average molecular weight is 202 g/mol. The molecule has 0 unspecified atom stereocenters. The van der Waals surface area contributed by atoms with Crippen LogP contribution < -0.4 is 0 Å². The molecule has 1 aliphatic carbocycles. The molecule has 4 atom stereocenters. The molecule has 0 amide bonds. The van der Waals surface area contributed by atoms with Crippen molar-refractivity contribution in [3.8, 4) is 0 Å². The Balaban J connectivity index is 2.22. The SMILES string of the molecule is CC1(C)O[C@H]2[C@H](O)[C@H](O)CC(=O)[C@H]2O1. The van der Waals surface area contributed by atoms with Gasteiger partial charge < -0.3 is 19.7 Å². The summed E-state index contributed by atoms with van der Waals surface area (Å²) >= 11 is 0. The zero-order chi connectivity index (χ0) is 10.5. The molecular formula is C9H14O5. The van der Waals surface area contributed by atoms with Gasteiger partial charge in [0.25, 0.3) is 0 Å². The summed E-state index contributed by atoms with van der Waals surface area (Å²) in [6, 6.07) is 0. The van der Waals surface area contributed by atoms with Gasteiger partial charge in [0, 0.05) is 6.42 Å². The summed E-state index contributed by atoms with van der Waals surface area (Å²) < 4.78 is 10.7. The quantitative estimate of drug-likeness (QED) is 0.538. The van der Waals surface area contributed by atoms with Crippen molar-refractivity contribution in [3.63, 3.8) is 0 Å². The van der Waals surface area contributed by atoms with Crippen molar-refractivity contribution in [2.24, 2.45) is 0 Å². The number of Topliss-reactive ketones (excluding diaryl/α,β-unsaturated/α-hetero) is 1. The Morgan fingerprint density at radius 1 is 1.36 bits per heavy atom. The van der Waals surface area contributed by atoms with E-state index in [0.29, 0.717) is 0 Å². The molecule has 5 heteroatoms. The highest BCUT2D eigenvalue weighted by Crippen LogP contribution is 2.35. The Hall–Kier alpha value is -0.490. The molecule has 2 aliphatic rings. The first kappa shape index (κ1) is 10.0. The maximum Gasteiger partial charge on any atom is 0.167 e. The van der Waals surface area contributed by atoms with Crippen LogP contribution in [0, 0.1) is 0 Å². The van der Waals surface area contributed by atoms with Gasteiger partial charge in [0.05, 0.1) is 6.10 Å². The van der Waals surface area contributed by atoms with E-state index < -0.39 is 30.2 Å². The highest BCUT2D eigenvalue weighted by Gasteiger charge is 2.53. The van der Waals surface area contributed by atoms with E-state index >= 15 is 0 Å². The van der Waals surface area contributed by atoms with Gasteiger partial charge in [0.1, 0.15) is 18.3 Å². The van der Waals surface area contributed by atoms with Crippen LogP contribution in [0.15, 0.2) is 0 Å². The summed E-state index contributed by atoms with van der Waals surface area (Å²) in [5.74, 6) is -1.07. The topological polar surface area (TPSA) is 76.0 Å². The zero-order valence-corrected chi connectivity index (χ0v) is 8.14. The number of hydrogen-bond donors (Lipinski definition) is 2. The van der Waals surface area contributed by atoms with Crippen LogP contribution in [0.4, 0.5) is 0 Å². The van der Waals surface area contributed by atoms with E-state index in [1.807, 2.05) is 0 Å². The van der Waals surface area contributed by atoms with E-state index in [0.717, 1.165) is 0 Å². The lowest BCUT2D eigenvalue weighted by molar-refractivity contribution is -0.159. The first-order chi connectivity index (χ1) is 6.41. The van der Waals surface area contributed by atoms with E-state index in [1.54, 1.807) is 13.8 Å². The van der Waals surface area contributed by atoms with Crippen LogP contribution >= 0.6 is 0 Å². The third-order valence-electron chi connectivity index (χ3n) is 2.59. The molecule has 2 N–H and O–H groups in total. The van der Waals surface area contributed by atoms with Crippen molar-refractivity contribution in [2.75, 3.05) is 0 Å². The Labute approximate surface area is 81.6 Å². The number of ether oxygens (including phenoxy) is 2. The molecular weight excluding hydrogens is 188 g/mol. The second-order valence-electron chi connectivity index (χ2n) is 4.25. The van der Waals surface area contributed by atoms with Crippen molar-refractivity contribution in [3.05, 3.63) is 0 Å². The van der Waals surface area contributed by atoms with Gasteiger partial charge in [0.2, 0.25) is 0 Å². The van der Waals surface area contributed by atoms with Gasteiger partial charge in [-0.25, -0.2) is 0 Å². The van der Waals surface area contributed by atoms with Crippen molar-refractivity contribution in [2.45, 2.75) is 50.5 Å². The fourth-order valence-electron chi connectivity index (χ4n) is 1.95. The van der Waals surface area contributed by atoms with E-state index in [4.69, 9.17) is 9.47 Å². The maximum atomic E-state index is 11.4. The van der Waals surface area contributed by atoms with Crippen LogP contribution in [-0.4, -0.2) is 46.2 Å². The molecule has 0 aromatic rings. The van der Waals surface area contributed by atoms with Gasteiger partial charge >= 0.3 is 0 Å². The van der Waals surface area contributed by atoms with Gasteiger partial charge in [-0.3, -0.25) is 4.79 Å². The largest absolute Gasteiger partial charge is 0.390 e. The number of carbonyl (C=O) groups excluding carboxylic acids is 1. The third-order valence-corrected chi connectivity index (χ3v) is 2.59. The van der Waals surface area contributed by atoms with E-state index in [1.165, 1.54) is 0 Å². The number of aliphatic hydroxyl groups excluding tert-OH is 2. The number of rotatable bonds is 0. The molecule has 0 bridgehead atoms. The molecule has 0 aromatic carbocycles. The van der Waals surface area contributed by atoms with E-state index in [9.17, 15) is 15.0 Å². The third kappa shape index (κ3) is 1.46. The van der Waals surface area contributed by atoms with Crippen LogP contribution in [-0.2, 0) is 14.3 Å². The molecule has 1 saturated carbocycles. The monoisotopic (exact) mass is 202 g/mol. The van der Waals surface area contributed by atoms with Crippen LogP contribution in [0.2, 0.25) is 0 Å². The summed E-state index contributed by atoms with van der Waals surface area (Å²) in [5.41, 5.74) is 0. The minimum Gasteiger partial charge on any atom is -0.390 e. The lowest BCUT2D eigenvalue weighted by atomic mass is 9.89. The molecule has 14 heavy (non-hydrogen) atoms. The van der Waals surface area contributed by atoms with Crippen molar-refractivity contribution in [1.82, 2.24) is 0 Å². The summed E-state index contributed by atoms with van der Waals surface area (Å²) in [6.45, 7) is 3.36. The summed E-state index contributed by atoms with van der Waals surface area (Å²) in [5, 5.41) is 18.9. The molecule has 5 nitrogen and oxygen atoms in total. The second-order valence-corrected chi connectivity index (χ2v) is 4.25. The number of fused-ring (bicyclic) bond motifs is 1. The summed E-state index contributed by atoms with van der Waals surface area (Å²) in [4.78, 5) is 11.4. The number of carbonyl (C=O) groups is 1. The lowest BCUT2D eigenvalue weighted by Gasteiger charge is -2.30. The standard InChI is InChI=1S/C9H14O5/c1-9(2)13-7-5(11)3-4(10)6(12)8(7)14-9/h4,6-8,10,12H,3H2,1-2H3/t4-,6-,7-,8+/m1/s1. The predicted molar refractivity (Wildman–Crippen MR) is 45.5 cm³/mol. The molecule has 80 valence electrons. The first-order valence-corrected chi connectivity index (χ1v) is 4.65. The summed E-state index contributed by atoms with van der Waals surface area (Å²) in [7, 11) is 0. The maximum absolute atomic E-state index is 11.4. The average Bonchev–Trinajstić information content (AvgIpc) is 2.38. The Bertz CT molecular complexity index is 262. The van der Waals surface area contributed by atoms with Crippen molar-refractivity contribution >= 4 is 5.78 Å². The van der Waals surface area contributed by atoms with Crippen molar-refractivity contribution in [1.29, 1.82) is 0 Å². The summed E-state index contributed by atoms with van der Waals surface area (Å²) in [6.07, 6.45) is -3.62. The molecule has 0 spiro atoms. The molecule has 1 saturated heterocycles. The van der Waals surface area contributed by atoms with Gasteiger partial charge in [-0.2, -0.15) is 0 Å². The fraction of sp³-hybridized carbons (Fsp3) is 0.889. The molecule has 1 aliphatic heterocycles. The second kappa shape index (κ2) is 3.00. The van der Waals surface area contributed by atoms with Gasteiger partial charge in [-0.05, 0) is 13.8 Å². The number of hydrogen-bond acceptors (Lipinski definition) is 5. The molecule has 0 radical (unpaired) electrons. The highest BCUT2D eigenvalue weighted by molar-refractivity contribution is 5.85. The number of aliphatic hydroxyl groups is 2. The minimum absolute atomic E-state index is 0.0677. The Morgan fingerprint density at radius 2 is 2.00 bits per heavy atom. The van der Waals surface area contributed by atoms with Crippen LogP contribution in [0.3, 0.4) is 0 Å². The van der Waals surface area contributed by atoms with Gasteiger partial charge in [-0.1, -0.05) is 0 Å². The molecule has 0 aromatic heterocycles. The lowest BCUT2D eigenvalue weighted by Crippen LogP contribution is -2.52. The Morgan fingerprint density at radius 3 is 2.64 bits per heavy atom. The van der Waals surface area contributed by atoms with Crippen molar-refractivity contribution < 1.29 is 24.5 Å². The fourth-order valence-corrected chi connectivity index (χ4v) is 1.95. The predicted octanol–water partition coefficient (Wildman–Crippen LogP) is -0.799. The minimum atomic E-state index is -1.04. The van der Waals surface area contributed by atoms with E-state index in [-0.39, 0.29) is 12.2 Å². The van der Waals surface area contributed by atoms with Crippen LogP contribution in [0.1, 0.15) is 20.3 Å². The van der Waals surface area contributed by atoms with Crippen LogP contribution in [0.5, 0.6) is 0 Å². The molecule has 1 heterocycles. The number of ketones is 1. The van der Waals surface area contributed by atoms with Gasteiger partial charge in [-0.15, -0.1) is 0 Å². The zero-order valence-electron chi connectivity index (χ0n) is 8.14. The van der Waals surface area contributed by atoms with Crippen LogP contribution in [0.25, 0.3) is 0 Å². The van der Waals surface area contributed by atoms with E-state index in [2.05, 4.69) is 0 Å².